The van der Waals surface area contributed by atoms with Gasteiger partial charge < -0.3 is 9.15 Å². The first-order valence-electron chi connectivity index (χ1n) is 7.54. The first-order chi connectivity index (χ1) is 11.5. The summed E-state index contributed by atoms with van der Waals surface area (Å²) < 4.78 is 11.2. The van der Waals surface area contributed by atoms with Crippen molar-refractivity contribution in [2.45, 2.75) is 20.3 Å². The van der Waals surface area contributed by atoms with E-state index in [-0.39, 0.29) is 17.9 Å². The van der Waals surface area contributed by atoms with E-state index in [4.69, 9.17) is 20.8 Å². The summed E-state index contributed by atoms with van der Waals surface area (Å²) in [6.07, 6.45) is 0.146. The molecule has 0 fully saturated rings. The molecule has 0 spiro atoms. The van der Waals surface area contributed by atoms with Gasteiger partial charge in [-0.15, -0.1) is 0 Å². The molecule has 0 saturated heterocycles. The molecule has 3 rings (SSSR count). The molecule has 122 valence electrons. The molecule has 0 aliphatic rings. The smallest absolute Gasteiger partial charge is 0.311 e. The third kappa shape index (κ3) is 2.93. The molecule has 1 heterocycles. The van der Waals surface area contributed by atoms with Crippen LogP contribution in [0.3, 0.4) is 0 Å². The lowest BCUT2D eigenvalue weighted by Crippen LogP contribution is -2.15. The molecule has 0 amide bonds. The maximum Gasteiger partial charge on any atom is 0.311 e. The van der Waals surface area contributed by atoms with Gasteiger partial charge in [-0.3, -0.25) is 9.59 Å². The number of fused-ring (bicyclic) bond motifs is 1. The van der Waals surface area contributed by atoms with Crippen LogP contribution >= 0.6 is 11.6 Å². The van der Waals surface area contributed by atoms with Gasteiger partial charge in [0.15, 0.2) is 5.76 Å². The lowest BCUT2D eigenvalue weighted by molar-refractivity contribution is -0.134. The minimum absolute atomic E-state index is 0.131. The Morgan fingerprint density at radius 2 is 1.96 bits per heavy atom. The van der Waals surface area contributed by atoms with Gasteiger partial charge in [0.05, 0.1) is 10.4 Å². The van der Waals surface area contributed by atoms with Gasteiger partial charge in [-0.05, 0) is 31.2 Å². The van der Waals surface area contributed by atoms with Gasteiger partial charge in [-0.25, -0.2) is 0 Å². The molecular formula is C19H15ClO4. The predicted molar refractivity (Wildman–Crippen MR) is 93.6 cm³/mol. The number of hydrogen-bond acceptors (Lipinski definition) is 4. The summed E-state index contributed by atoms with van der Waals surface area (Å²) in [7, 11) is 0. The van der Waals surface area contributed by atoms with Crippen LogP contribution in [0.15, 0.2) is 51.7 Å². The first-order valence-corrected chi connectivity index (χ1v) is 7.92. The van der Waals surface area contributed by atoms with E-state index in [2.05, 4.69) is 0 Å². The Hall–Kier alpha value is -2.59. The summed E-state index contributed by atoms with van der Waals surface area (Å²) in [6.45, 7) is 3.53. The van der Waals surface area contributed by atoms with Gasteiger partial charge in [-0.2, -0.15) is 0 Å². The summed E-state index contributed by atoms with van der Waals surface area (Å²) >= 11 is 6.23. The summed E-state index contributed by atoms with van der Waals surface area (Å²) in [5.41, 5.74) is 1.43. The Morgan fingerprint density at radius 1 is 1.21 bits per heavy atom. The van der Waals surface area contributed by atoms with E-state index in [1.165, 1.54) is 0 Å². The number of ether oxygens (including phenoxy) is 1. The minimum atomic E-state index is -0.511. The quantitative estimate of drug-likeness (QED) is 0.645. The molecule has 0 aliphatic carbocycles. The van der Waals surface area contributed by atoms with Gasteiger partial charge in [0, 0.05) is 12.0 Å². The topological polar surface area (TPSA) is 56.5 Å². The molecule has 0 bridgehead atoms. The van der Waals surface area contributed by atoms with Crippen LogP contribution in [-0.4, -0.2) is 5.97 Å². The second-order valence-electron chi connectivity index (χ2n) is 5.40. The highest BCUT2D eigenvalue weighted by Crippen LogP contribution is 2.35. The highest BCUT2D eigenvalue weighted by Gasteiger charge is 2.21. The molecule has 0 aliphatic heterocycles. The van der Waals surface area contributed by atoms with Crippen LogP contribution in [-0.2, 0) is 4.79 Å². The van der Waals surface area contributed by atoms with Gasteiger partial charge in [0.1, 0.15) is 5.58 Å². The van der Waals surface area contributed by atoms with E-state index in [9.17, 15) is 9.59 Å². The summed E-state index contributed by atoms with van der Waals surface area (Å²) in [5, 5.41) is 0.769. The van der Waals surface area contributed by atoms with Crippen molar-refractivity contribution < 1.29 is 13.9 Å². The Balaban J connectivity index is 2.36. The normalized spacial score (nSPS) is 10.8. The molecule has 1 aromatic heterocycles. The highest BCUT2D eigenvalue weighted by atomic mass is 35.5. The SMILES string of the molecule is CCC(=O)Oc1c(-c2ccccc2Cl)oc2ccc(C)cc2c1=O. The fraction of sp³-hybridized carbons (Fsp3) is 0.158. The number of carbonyl (C=O) groups excluding carboxylic acids is 1. The van der Waals surface area contributed by atoms with Crippen molar-refractivity contribution in [2.75, 3.05) is 0 Å². The standard InChI is InChI=1S/C19H15ClO4/c1-3-16(21)24-19-17(22)13-10-11(2)8-9-15(13)23-18(19)12-6-4-5-7-14(12)20/h4-10H,3H2,1-2H3. The average molecular weight is 343 g/mol. The zero-order valence-electron chi connectivity index (χ0n) is 13.3. The molecule has 24 heavy (non-hydrogen) atoms. The fourth-order valence-corrected chi connectivity index (χ4v) is 2.61. The number of carbonyl (C=O) groups is 1. The molecule has 5 heteroatoms. The molecule has 0 N–H and O–H groups in total. The van der Waals surface area contributed by atoms with Crippen molar-refractivity contribution in [3.8, 4) is 17.1 Å². The van der Waals surface area contributed by atoms with Crippen molar-refractivity contribution in [2.24, 2.45) is 0 Å². The van der Waals surface area contributed by atoms with E-state index in [1.807, 2.05) is 13.0 Å². The monoisotopic (exact) mass is 342 g/mol. The number of benzene rings is 2. The van der Waals surface area contributed by atoms with Crippen LogP contribution in [0.5, 0.6) is 5.75 Å². The van der Waals surface area contributed by atoms with Crippen LogP contribution in [0.4, 0.5) is 0 Å². The highest BCUT2D eigenvalue weighted by molar-refractivity contribution is 6.33. The third-order valence-electron chi connectivity index (χ3n) is 3.63. The number of rotatable bonds is 3. The summed E-state index contributed by atoms with van der Waals surface area (Å²) in [6, 6.07) is 12.2. The third-order valence-corrected chi connectivity index (χ3v) is 3.96. The van der Waals surface area contributed by atoms with Crippen molar-refractivity contribution in [3.05, 3.63) is 63.3 Å². The largest absolute Gasteiger partial charge is 0.452 e. The summed E-state index contributed by atoms with van der Waals surface area (Å²) in [4.78, 5) is 24.6. The Morgan fingerprint density at radius 3 is 2.67 bits per heavy atom. The minimum Gasteiger partial charge on any atom is -0.452 e. The van der Waals surface area contributed by atoms with Crippen molar-refractivity contribution >= 4 is 28.5 Å². The van der Waals surface area contributed by atoms with Crippen LogP contribution in [0.25, 0.3) is 22.3 Å². The van der Waals surface area contributed by atoms with Gasteiger partial charge in [0.2, 0.25) is 11.2 Å². The second kappa shape index (κ2) is 6.49. The zero-order valence-corrected chi connectivity index (χ0v) is 14.0. The Labute approximate surface area is 143 Å². The maximum atomic E-state index is 12.9. The van der Waals surface area contributed by atoms with Crippen molar-refractivity contribution in [1.29, 1.82) is 0 Å². The van der Waals surface area contributed by atoms with Gasteiger partial charge in [-0.1, -0.05) is 42.3 Å². The van der Waals surface area contributed by atoms with E-state index >= 15 is 0 Å². The molecule has 2 aromatic carbocycles. The molecule has 4 nitrogen and oxygen atoms in total. The van der Waals surface area contributed by atoms with Crippen LogP contribution in [0, 0.1) is 6.92 Å². The Kier molecular flexibility index (Phi) is 4.40. The lowest BCUT2D eigenvalue weighted by Gasteiger charge is -2.11. The van der Waals surface area contributed by atoms with E-state index in [1.54, 1.807) is 43.3 Å². The van der Waals surface area contributed by atoms with Crippen molar-refractivity contribution in [1.82, 2.24) is 0 Å². The predicted octanol–water partition coefficient (Wildman–Crippen LogP) is 4.74. The van der Waals surface area contributed by atoms with E-state index in [0.29, 0.717) is 21.6 Å². The van der Waals surface area contributed by atoms with Gasteiger partial charge in [0.25, 0.3) is 0 Å². The number of hydrogen-bond donors (Lipinski definition) is 0. The Bertz CT molecular complexity index is 988. The molecule has 0 unspecified atom stereocenters. The van der Waals surface area contributed by atoms with Crippen molar-refractivity contribution in [3.63, 3.8) is 0 Å². The average Bonchev–Trinajstić information content (AvgIpc) is 2.58. The fourth-order valence-electron chi connectivity index (χ4n) is 2.39. The molecule has 3 aromatic rings. The van der Waals surface area contributed by atoms with Crippen LogP contribution < -0.4 is 10.2 Å². The first kappa shape index (κ1) is 16.3. The van der Waals surface area contributed by atoms with Crippen LogP contribution in [0.2, 0.25) is 5.02 Å². The number of halogens is 1. The molecular weight excluding hydrogens is 328 g/mol. The maximum absolute atomic E-state index is 12.9. The van der Waals surface area contributed by atoms with E-state index in [0.717, 1.165) is 5.56 Å². The molecule has 0 atom stereocenters. The zero-order chi connectivity index (χ0) is 17.3. The molecule has 0 radical (unpaired) electrons. The van der Waals surface area contributed by atoms with Gasteiger partial charge >= 0.3 is 5.97 Å². The molecule has 0 saturated carbocycles. The summed E-state index contributed by atoms with van der Waals surface area (Å²) in [5.74, 6) is -0.487. The van der Waals surface area contributed by atoms with E-state index < -0.39 is 11.4 Å². The lowest BCUT2D eigenvalue weighted by atomic mass is 10.1. The number of aryl methyl sites for hydroxylation is 1. The second-order valence-corrected chi connectivity index (χ2v) is 5.80. The number of esters is 1. The van der Waals surface area contributed by atoms with Crippen LogP contribution in [0.1, 0.15) is 18.9 Å².